The van der Waals surface area contributed by atoms with Crippen LogP contribution in [0.15, 0.2) is 22.9 Å². The third-order valence-electron chi connectivity index (χ3n) is 2.83. The van der Waals surface area contributed by atoms with Gasteiger partial charge in [-0.15, -0.1) is 0 Å². The minimum Gasteiger partial charge on any atom is -0.384 e. The molecule has 2 nitrogen and oxygen atoms in total. The molecule has 0 aliphatic heterocycles. The molecule has 0 aromatic carbocycles. The average molecular weight is 255 g/mol. The lowest BCUT2D eigenvalue weighted by Crippen LogP contribution is -2.11. The van der Waals surface area contributed by atoms with E-state index in [0.717, 1.165) is 22.6 Å². The summed E-state index contributed by atoms with van der Waals surface area (Å²) in [5.41, 5.74) is 1.16. The number of rotatable bonds is 3. The highest BCUT2D eigenvalue weighted by Gasteiger charge is 2.14. The van der Waals surface area contributed by atoms with Gasteiger partial charge in [0.15, 0.2) is 0 Å². The highest BCUT2D eigenvalue weighted by atomic mass is 79.9. The maximum absolute atomic E-state index is 4.04. The molecule has 0 atom stereocenters. The molecule has 0 bridgehead atoms. The summed E-state index contributed by atoms with van der Waals surface area (Å²) in [6.07, 6.45) is 9.23. The predicted octanol–water partition coefficient (Wildman–Crippen LogP) is 3.45. The maximum atomic E-state index is 4.04. The Balaban J connectivity index is 1.88. The summed E-state index contributed by atoms with van der Waals surface area (Å²) in [5.74, 6) is 0.870. The molecule has 1 aliphatic rings. The molecule has 0 amide bonds. The minimum atomic E-state index is 0.870. The Kier molecular flexibility index (Phi) is 3.40. The second-order valence-electron chi connectivity index (χ2n) is 3.89. The first-order valence-electron chi connectivity index (χ1n) is 5.19. The van der Waals surface area contributed by atoms with Gasteiger partial charge >= 0.3 is 0 Å². The molecule has 1 saturated carbocycles. The van der Waals surface area contributed by atoms with Crippen molar-refractivity contribution in [3.05, 3.63) is 22.9 Å². The second kappa shape index (κ2) is 4.78. The van der Waals surface area contributed by atoms with E-state index in [9.17, 15) is 0 Å². The van der Waals surface area contributed by atoms with E-state index in [-0.39, 0.29) is 0 Å². The van der Waals surface area contributed by atoms with Gasteiger partial charge in [-0.05, 0) is 40.8 Å². The van der Waals surface area contributed by atoms with Crippen molar-refractivity contribution in [2.45, 2.75) is 25.7 Å². The SMILES string of the molecule is Brc1cnccc1NCC1CCCC1. The molecule has 0 spiro atoms. The standard InChI is InChI=1S/C11H15BrN2/c12-10-8-13-6-5-11(10)14-7-9-3-1-2-4-9/h5-6,8-9H,1-4,7H2,(H,13,14). The van der Waals surface area contributed by atoms with Crippen LogP contribution in [0.4, 0.5) is 5.69 Å². The second-order valence-corrected chi connectivity index (χ2v) is 4.74. The van der Waals surface area contributed by atoms with Gasteiger partial charge < -0.3 is 5.32 Å². The van der Waals surface area contributed by atoms with Crippen molar-refractivity contribution < 1.29 is 0 Å². The first kappa shape index (κ1) is 9.97. The molecule has 0 radical (unpaired) electrons. The first-order chi connectivity index (χ1) is 6.86. The van der Waals surface area contributed by atoms with Crippen molar-refractivity contribution in [1.82, 2.24) is 4.98 Å². The van der Waals surface area contributed by atoms with Crippen molar-refractivity contribution in [3.8, 4) is 0 Å². The Hall–Kier alpha value is -0.570. The topological polar surface area (TPSA) is 24.9 Å². The number of hydrogen-bond donors (Lipinski definition) is 1. The molecule has 1 fully saturated rings. The molecule has 14 heavy (non-hydrogen) atoms. The van der Waals surface area contributed by atoms with E-state index in [0.29, 0.717) is 0 Å². The molecule has 3 heteroatoms. The summed E-state index contributed by atoms with van der Waals surface area (Å²) in [5, 5.41) is 3.47. The van der Waals surface area contributed by atoms with Gasteiger partial charge in [0, 0.05) is 18.9 Å². The monoisotopic (exact) mass is 254 g/mol. The largest absolute Gasteiger partial charge is 0.384 e. The third-order valence-corrected chi connectivity index (χ3v) is 3.46. The van der Waals surface area contributed by atoms with E-state index in [4.69, 9.17) is 0 Å². The van der Waals surface area contributed by atoms with E-state index in [2.05, 4.69) is 26.2 Å². The molecule has 0 saturated heterocycles. The minimum absolute atomic E-state index is 0.870. The fourth-order valence-corrected chi connectivity index (χ4v) is 2.38. The normalized spacial score (nSPS) is 17.2. The Morgan fingerprint density at radius 1 is 1.43 bits per heavy atom. The van der Waals surface area contributed by atoms with Crippen molar-refractivity contribution >= 4 is 21.6 Å². The Labute approximate surface area is 93.3 Å². The molecule has 76 valence electrons. The predicted molar refractivity (Wildman–Crippen MR) is 62.4 cm³/mol. The fraction of sp³-hybridized carbons (Fsp3) is 0.545. The number of nitrogens with zero attached hydrogens (tertiary/aromatic N) is 1. The fourth-order valence-electron chi connectivity index (χ4n) is 1.99. The summed E-state index contributed by atoms with van der Waals surface area (Å²) in [4.78, 5) is 4.04. The quantitative estimate of drug-likeness (QED) is 0.894. The summed E-state index contributed by atoms with van der Waals surface area (Å²) in [6, 6.07) is 2.01. The molecular weight excluding hydrogens is 240 g/mol. The van der Waals surface area contributed by atoms with E-state index in [1.807, 2.05) is 18.5 Å². The van der Waals surface area contributed by atoms with E-state index in [1.54, 1.807) is 0 Å². The van der Waals surface area contributed by atoms with Crippen molar-refractivity contribution in [3.63, 3.8) is 0 Å². The molecular formula is C11H15BrN2. The van der Waals surface area contributed by atoms with Gasteiger partial charge in [0.05, 0.1) is 10.2 Å². The van der Waals surface area contributed by atoms with Gasteiger partial charge in [-0.2, -0.15) is 0 Å². The average Bonchev–Trinajstić information content (AvgIpc) is 2.69. The first-order valence-corrected chi connectivity index (χ1v) is 5.99. The van der Waals surface area contributed by atoms with Crippen LogP contribution in [0.25, 0.3) is 0 Å². The summed E-state index contributed by atoms with van der Waals surface area (Å²) in [6.45, 7) is 1.10. The van der Waals surface area contributed by atoms with Crippen molar-refractivity contribution in [1.29, 1.82) is 0 Å². The van der Waals surface area contributed by atoms with Crippen LogP contribution in [0.1, 0.15) is 25.7 Å². The molecule has 0 unspecified atom stereocenters. The Morgan fingerprint density at radius 2 is 2.21 bits per heavy atom. The molecule has 2 rings (SSSR count). The highest BCUT2D eigenvalue weighted by molar-refractivity contribution is 9.10. The number of hydrogen-bond acceptors (Lipinski definition) is 2. The smallest absolute Gasteiger partial charge is 0.0590 e. The Morgan fingerprint density at radius 3 is 2.93 bits per heavy atom. The molecule has 1 heterocycles. The number of anilines is 1. The summed E-state index contributed by atoms with van der Waals surface area (Å²) >= 11 is 3.48. The molecule has 1 N–H and O–H groups in total. The van der Waals surface area contributed by atoms with Gasteiger partial charge in [0.2, 0.25) is 0 Å². The molecule has 1 aromatic rings. The zero-order valence-corrected chi connectivity index (χ0v) is 9.76. The number of nitrogens with one attached hydrogen (secondary N) is 1. The van der Waals surface area contributed by atoms with E-state index in [1.165, 1.54) is 25.7 Å². The zero-order chi connectivity index (χ0) is 9.80. The molecule has 1 aliphatic carbocycles. The van der Waals surface area contributed by atoms with E-state index < -0.39 is 0 Å². The van der Waals surface area contributed by atoms with Gasteiger partial charge in [-0.3, -0.25) is 4.98 Å². The number of pyridine rings is 1. The Bertz CT molecular complexity index is 295. The van der Waals surface area contributed by atoms with E-state index >= 15 is 0 Å². The van der Waals surface area contributed by atoms with Crippen LogP contribution in [-0.2, 0) is 0 Å². The maximum Gasteiger partial charge on any atom is 0.0590 e. The van der Waals surface area contributed by atoms with Crippen LogP contribution < -0.4 is 5.32 Å². The van der Waals surface area contributed by atoms with Crippen LogP contribution in [0.2, 0.25) is 0 Å². The van der Waals surface area contributed by atoms with Crippen LogP contribution >= 0.6 is 15.9 Å². The van der Waals surface area contributed by atoms with Crippen LogP contribution in [0.3, 0.4) is 0 Å². The lowest BCUT2D eigenvalue weighted by Gasteiger charge is -2.12. The van der Waals surface area contributed by atoms with Crippen LogP contribution in [0, 0.1) is 5.92 Å². The van der Waals surface area contributed by atoms with Crippen LogP contribution in [-0.4, -0.2) is 11.5 Å². The lowest BCUT2D eigenvalue weighted by atomic mass is 10.1. The third kappa shape index (κ3) is 2.47. The van der Waals surface area contributed by atoms with Crippen molar-refractivity contribution in [2.24, 2.45) is 5.92 Å². The van der Waals surface area contributed by atoms with Gasteiger partial charge in [-0.25, -0.2) is 0 Å². The lowest BCUT2D eigenvalue weighted by molar-refractivity contribution is 0.580. The van der Waals surface area contributed by atoms with Gasteiger partial charge in [0.1, 0.15) is 0 Å². The van der Waals surface area contributed by atoms with Crippen molar-refractivity contribution in [2.75, 3.05) is 11.9 Å². The number of aromatic nitrogens is 1. The van der Waals surface area contributed by atoms with Gasteiger partial charge in [-0.1, -0.05) is 12.8 Å². The van der Waals surface area contributed by atoms with Crippen LogP contribution in [0.5, 0.6) is 0 Å². The zero-order valence-electron chi connectivity index (χ0n) is 8.17. The highest BCUT2D eigenvalue weighted by Crippen LogP contribution is 2.26. The summed E-state index contributed by atoms with van der Waals surface area (Å²) < 4.78 is 1.05. The summed E-state index contributed by atoms with van der Waals surface area (Å²) in [7, 11) is 0. The molecule has 1 aromatic heterocycles. The number of halogens is 1. The van der Waals surface area contributed by atoms with Gasteiger partial charge in [0.25, 0.3) is 0 Å².